The fourth-order valence-corrected chi connectivity index (χ4v) is 2.13. The molecule has 2 N–H and O–H groups in total. The van der Waals surface area contributed by atoms with Crippen LogP contribution in [0.2, 0.25) is 5.02 Å². The molecular weight excluding hydrogens is 312 g/mol. The molecule has 0 spiro atoms. The Hall–Kier alpha value is -2.92. The molecule has 3 aromatic rings. The van der Waals surface area contributed by atoms with Crippen molar-refractivity contribution < 1.29 is 4.79 Å². The lowest BCUT2D eigenvalue weighted by molar-refractivity contribution is 0.102. The molecule has 0 aliphatic rings. The van der Waals surface area contributed by atoms with E-state index in [1.165, 1.54) is 6.20 Å². The Labute approximate surface area is 138 Å². The number of para-hydroxylation sites is 2. The molecule has 1 aromatic heterocycles. The first-order chi connectivity index (χ1) is 11.2. The molecule has 0 saturated carbocycles. The number of amides is 1. The first kappa shape index (κ1) is 15.0. The molecule has 5 nitrogen and oxygen atoms in total. The quantitative estimate of drug-likeness (QED) is 0.757. The van der Waals surface area contributed by atoms with Gasteiger partial charge in [-0.1, -0.05) is 41.9 Å². The predicted molar refractivity (Wildman–Crippen MR) is 91.2 cm³/mol. The van der Waals surface area contributed by atoms with Crippen molar-refractivity contribution in [2.45, 2.75) is 0 Å². The van der Waals surface area contributed by atoms with E-state index >= 15 is 0 Å². The number of anilines is 3. The van der Waals surface area contributed by atoms with Crippen LogP contribution in [0.4, 0.5) is 17.3 Å². The molecule has 0 unspecified atom stereocenters. The van der Waals surface area contributed by atoms with Crippen LogP contribution in [0.15, 0.2) is 66.9 Å². The summed E-state index contributed by atoms with van der Waals surface area (Å²) in [6, 6.07) is 18.0. The Morgan fingerprint density at radius 3 is 2.48 bits per heavy atom. The minimum absolute atomic E-state index is 0.262. The van der Waals surface area contributed by atoms with Crippen LogP contribution in [-0.2, 0) is 0 Å². The summed E-state index contributed by atoms with van der Waals surface area (Å²) < 4.78 is 0. The van der Waals surface area contributed by atoms with Crippen LogP contribution >= 0.6 is 11.6 Å². The normalized spacial score (nSPS) is 10.1. The van der Waals surface area contributed by atoms with E-state index in [9.17, 15) is 4.79 Å². The van der Waals surface area contributed by atoms with Crippen LogP contribution in [0.25, 0.3) is 0 Å². The number of carbonyl (C=O) groups excluding carboxylic acids is 1. The second-order valence-electron chi connectivity index (χ2n) is 4.69. The van der Waals surface area contributed by atoms with Crippen molar-refractivity contribution in [3.05, 3.63) is 77.6 Å². The molecule has 0 aliphatic heterocycles. The summed E-state index contributed by atoms with van der Waals surface area (Å²) in [5, 5.41) is 6.33. The van der Waals surface area contributed by atoms with Gasteiger partial charge in [0.1, 0.15) is 5.69 Å². The second-order valence-corrected chi connectivity index (χ2v) is 5.10. The number of rotatable bonds is 4. The van der Waals surface area contributed by atoms with Gasteiger partial charge in [-0.25, -0.2) is 9.97 Å². The van der Waals surface area contributed by atoms with E-state index in [1.807, 2.05) is 48.5 Å². The smallest absolute Gasteiger partial charge is 0.274 e. The minimum Gasteiger partial charge on any atom is -0.323 e. The van der Waals surface area contributed by atoms with Gasteiger partial charge in [0.15, 0.2) is 0 Å². The van der Waals surface area contributed by atoms with E-state index in [0.29, 0.717) is 22.3 Å². The van der Waals surface area contributed by atoms with Gasteiger partial charge >= 0.3 is 0 Å². The SMILES string of the molecule is O=C(Nc1ccccc1)c1ccnc(Nc2ccccc2Cl)n1. The standard InChI is InChI=1S/C17H13ClN4O/c18-13-8-4-5-9-14(13)21-17-19-11-10-15(22-17)16(23)20-12-6-2-1-3-7-12/h1-11H,(H,20,23)(H,19,21,22). The molecule has 23 heavy (non-hydrogen) atoms. The van der Waals surface area contributed by atoms with Gasteiger partial charge < -0.3 is 10.6 Å². The monoisotopic (exact) mass is 324 g/mol. The number of nitrogens with zero attached hydrogens (tertiary/aromatic N) is 2. The summed E-state index contributed by atoms with van der Waals surface area (Å²) in [6.45, 7) is 0. The van der Waals surface area contributed by atoms with E-state index in [1.54, 1.807) is 12.1 Å². The molecule has 0 aliphatic carbocycles. The number of halogens is 1. The molecule has 6 heteroatoms. The van der Waals surface area contributed by atoms with Crippen molar-refractivity contribution in [3.63, 3.8) is 0 Å². The third-order valence-electron chi connectivity index (χ3n) is 3.04. The second kappa shape index (κ2) is 6.89. The van der Waals surface area contributed by atoms with E-state index in [2.05, 4.69) is 20.6 Å². The average molecular weight is 325 g/mol. The fraction of sp³-hybridized carbons (Fsp3) is 0. The van der Waals surface area contributed by atoms with Crippen LogP contribution < -0.4 is 10.6 Å². The number of hydrogen-bond acceptors (Lipinski definition) is 4. The number of nitrogens with one attached hydrogen (secondary N) is 2. The summed E-state index contributed by atoms with van der Waals surface area (Å²) in [5.74, 6) is -0.000352. The largest absolute Gasteiger partial charge is 0.323 e. The molecule has 2 aromatic carbocycles. The van der Waals surface area contributed by atoms with Gasteiger partial charge in [-0.05, 0) is 30.3 Å². The van der Waals surface area contributed by atoms with Crippen LogP contribution in [0, 0.1) is 0 Å². The summed E-state index contributed by atoms with van der Waals surface area (Å²) in [7, 11) is 0. The highest BCUT2D eigenvalue weighted by atomic mass is 35.5. The van der Waals surface area contributed by atoms with Gasteiger partial charge in [0.25, 0.3) is 5.91 Å². The molecule has 1 heterocycles. The van der Waals surface area contributed by atoms with Gasteiger partial charge in [-0.15, -0.1) is 0 Å². The summed E-state index contributed by atoms with van der Waals surface area (Å²) in [5.41, 5.74) is 1.64. The van der Waals surface area contributed by atoms with Crippen LogP contribution in [0.5, 0.6) is 0 Å². The maximum atomic E-state index is 12.2. The van der Waals surface area contributed by atoms with Crippen molar-refractivity contribution >= 4 is 34.8 Å². The van der Waals surface area contributed by atoms with Crippen molar-refractivity contribution in [3.8, 4) is 0 Å². The van der Waals surface area contributed by atoms with Gasteiger partial charge in [0.05, 0.1) is 10.7 Å². The minimum atomic E-state index is -0.305. The molecule has 3 rings (SSSR count). The molecule has 0 fully saturated rings. The summed E-state index contributed by atoms with van der Waals surface area (Å²) in [6.07, 6.45) is 1.52. The van der Waals surface area contributed by atoms with Crippen LogP contribution in [0.3, 0.4) is 0 Å². The third kappa shape index (κ3) is 3.84. The average Bonchev–Trinajstić information content (AvgIpc) is 2.58. The maximum absolute atomic E-state index is 12.2. The lowest BCUT2D eigenvalue weighted by Crippen LogP contribution is -2.14. The van der Waals surface area contributed by atoms with Crippen LogP contribution in [-0.4, -0.2) is 15.9 Å². The Morgan fingerprint density at radius 1 is 0.957 bits per heavy atom. The first-order valence-corrected chi connectivity index (χ1v) is 7.31. The molecule has 1 amide bonds. The third-order valence-corrected chi connectivity index (χ3v) is 3.37. The first-order valence-electron chi connectivity index (χ1n) is 6.93. The van der Waals surface area contributed by atoms with Crippen molar-refractivity contribution in [1.82, 2.24) is 9.97 Å². The van der Waals surface area contributed by atoms with Gasteiger partial charge in [-0.3, -0.25) is 4.79 Å². The highest BCUT2D eigenvalue weighted by molar-refractivity contribution is 6.33. The Balaban J connectivity index is 1.77. The van der Waals surface area contributed by atoms with E-state index in [-0.39, 0.29) is 11.6 Å². The van der Waals surface area contributed by atoms with E-state index in [0.717, 1.165) is 0 Å². The fourth-order valence-electron chi connectivity index (χ4n) is 1.95. The summed E-state index contributed by atoms with van der Waals surface area (Å²) in [4.78, 5) is 20.5. The zero-order chi connectivity index (χ0) is 16.1. The Bertz CT molecular complexity index is 824. The van der Waals surface area contributed by atoms with E-state index < -0.39 is 0 Å². The van der Waals surface area contributed by atoms with Crippen molar-refractivity contribution in [2.75, 3.05) is 10.6 Å². The number of carbonyl (C=O) groups is 1. The highest BCUT2D eigenvalue weighted by Crippen LogP contribution is 2.23. The number of benzene rings is 2. The molecule has 114 valence electrons. The molecule has 0 atom stereocenters. The Kier molecular flexibility index (Phi) is 4.49. The zero-order valence-corrected chi connectivity index (χ0v) is 12.8. The van der Waals surface area contributed by atoms with Crippen molar-refractivity contribution in [2.24, 2.45) is 0 Å². The van der Waals surface area contributed by atoms with Gasteiger partial charge in [0.2, 0.25) is 5.95 Å². The maximum Gasteiger partial charge on any atom is 0.274 e. The van der Waals surface area contributed by atoms with Crippen molar-refractivity contribution in [1.29, 1.82) is 0 Å². The highest BCUT2D eigenvalue weighted by Gasteiger charge is 2.10. The topological polar surface area (TPSA) is 66.9 Å². The molecule has 0 radical (unpaired) electrons. The van der Waals surface area contributed by atoms with Gasteiger partial charge in [0, 0.05) is 11.9 Å². The number of hydrogen-bond donors (Lipinski definition) is 2. The number of aromatic nitrogens is 2. The van der Waals surface area contributed by atoms with E-state index in [4.69, 9.17) is 11.6 Å². The lowest BCUT2D eigenvalue weighted by Gasteiger charge is -2.08. The molecule has 0 saturated heterocycles. The van der Waals surface area contributed by atoms with Crippen LogP contribution in [0.1, 0.15) is 10.5 Å². The predicted octanol–water partition coefficient (Wildman–Crippen LogP) is 4.13. The molecular formula is C17H13ClN4O. The Morgan fingerprint density at radius 2 is 1.70 bits per heavy atom. The zero-order valence-electron chi connectivity index (χ0n) is 12.0. The van der Waals surface area contributed by atoms with Gasteiger partial charge in [-0.2, -0.15) is 0 Å². The summed E-state index contributed by atoms with van der Waals surface area (Å²) >= 11 is 6.09. The lowest BCUT2D eigenvalue weighted by atomic mass is 10.3. The molecule has 0 bridgehead atoms.